The summed E-state index contributed by atoms with van der Waals surface area (Å²) in [5, 5.41) is 7.73. The Labute approximate surface area is 286 Å². The second-order valence-corrected chi connectivity index (χ2v) is 12.1. The molecule has 0 unspecified atom stereocenters. The van der Waals surface area contributed by atoms with Crippen LogP contribution in [-0.4, -0.2) is 49.2 Å². The summed E-state index contributed by atoms with van der Waals surface area (Å²) < 4.78 is 29.2. The van der Waals surface area contributed by atoms with Crippen LogP contribution in [0.2, 0.25) is 0 Å². The molecule has 0 radical (unpaired) electrons. The summed E-state index contributed by atoms with van der Waals surface area (Å²) in [7, 11) is 5.89. The molecular weight excluding hydrogens is 637 g/mol. The Hall–Kier alpha value is -6.40. The van der Waals surface area contributed by atoms with Gasteiger partial charge >= 0.3 is 0 Å². The van der Waals surface area contributed by atoms with Gasteiger partial charge in [-0.1, -0.05) is 18.2 Å². The van der Waals surface area contributed by atoms with Crippen molar-refractivity contribution in [2.75, 3.05) is 19.4 Å². The van der Waals surface area contributed by atoms with Gasteiger partial charge in [0.1, 0.15) is 34.1 Å². The van der Waals surface area contributed by atoms with Crippen LogP contribution in [0.25, 0.3) is 39.2 Å². The Morgan fingerprint density at radius 2 is 1.76 bits per heavy atom. The van der Waals surface area contributed by atoms with Crippen molar-refractivity contribution in [3.8, 4) is 39.8 Å². The summed E-state index contributed by atoms with van der Waals surface area (Å²) in [5.41, 5.74) is 4.26. The highest BCUT2D eigenvalue weighted by molar-refractivity contribution is 6.04. The van der Waals surface area contributed by atoms with E-state index in [-0.39, 0.29) is 5.56 Å². The lowest BCUT2D eigenvalue weighted by molar-refractivity contribution is 0.102. The molecule has 0 bridgehead atoms. The van der Waals surface area contributed by atoms with Crippen LogP contribution >= 0.6 is 0 Å². The molecule has 1 amide bonds. The van der Waals surface area contributed by atoms with Gasteiger partial charge in [-0.05, 0) is 98.9 Å². The average molecular weight is 670 g/mol. The van der Waals surface area contributed by atoms with Gasteiger partial charge in [0.05, 0.1) is 11.8 Å². The molecule has 3 aromatic carbocycles. The van der Waals surface area contributed by atoms with Crippen LogP contribution in [0.3, 0.4) is 0 Å². The number of fused-ring (bicyclic) bond motifs is 1. The van der Waals surface area contributed by atoms with Crippen LogP contribution < -0.4 is 15.6 Å². The van der Waals surface area contributed by atoms with Gasteiger partial charge in [-0.3, -0.25) is 18.8 Å². The van der Waals surface area contributed by atoms with Crippen LogP contribution in [0.4, 0.5) is 10.1 Å². The first-order valence-corrected chi connectivity index (χ1v) is 15.7. The highest BCUT2D eigenvalue weighted by Gasteiger charge is 2.25. The molecule has 0 aliphatic carbocycles. The fourth-order valence-electron chi connectivity index (χ4n) is 5.74. The predicted octanol–water partition coefficient (Wildman–Crippen LogP) is 6.99. The number of benzene rings is 3. The van der Waals surface area contributed by atoms with Crippen LogP contribution in [0.5, 0.6) is 11.6 Å². The molecule has 250 valence electrons. The topological polar surface area (TPSA) is 120 Å². The number of halogens is 1. The van der Waals surface area contributed by atoms with Gasteiger partial charge in [0.15, 0.2) is 0 Å². The van der Waals surface area contributed by atoms with Crippen molar-refractivity contribution in [1.29, 1.82) is 0 Å². The van der Waals surface area contributed by atoms with Crippen molar-refractivity contribution in [1.82, 2.24) is 29.2 Å². The van der Waals surface area contributed by atoms with E-state index in [2.05, 4.69) is 37.4 Å². The number of aromatic nitrogens is 5. The van der Waals surface area contributed by atoms with E-state index in [0.717, 1.165) is 28.8 Å². The maximum absolute atomic E-state index is 13.4. The number of rotatable bonds is 9. The third-order valence-electron chi connectivity index (χ3n) is 7.94. The highest BCUT2D eigenvalue weighted by atomic mass is 19.1. The number of pyridine rings is 1. The summed E-state index contributed by atoms with van der Waals surface area (Å²) >= 11 is 0. The molecule has 11 nitrogen and oxygen atoms in total. The lowest BCUT2D eigenvalue weighted by Gasteiger charge is -2.12. The van der Waals surface area contributed by atoms with Crippen molar-refractivity contribution < 1.29 is 18.3 Å². The largest absolute Gasteiger partial charge is 0.438 e. The molecule has 0 aliphatic heterocycles. The van der Waals surface area contributed by atoms with E-state index in [0.29, 0.717) is 45.7 Å². The van der Waals surface area contributed by atoms with E-state index in [9.17, 15) is 14.0 Å². The minimum absolute atomic E-state index is 0.0671. The summed E-state index contributed by atoms with van der Waals surface area (Å²) in [5.74, 6) is 0.810. The number of hydrogen-bond donors (Lipinski definition) is 1. The smallest absolute Gasteiger partial charge is 0.267 e. The number of aryl methyl sites for hydroxylation is 2. The van der Waals surface area contributed by atoms with Crippen LogP contribution in [0.15, 0.2) is 113 Å². The zero-order chi connectivity index (χ0) is 34.9. The normalized spacial score (nSPS) is 11.3. The van der Waals surface area contributed by atoms with E-state index in [1.165, 1.54) is 41.1 Å². The van der Waals surface area contributed by atoms with E-state index in [4.69, 9.17) is 9.15 Å². The molecule has 0 aliphatic rings. The molecule has 50 heavy (non-hydrogen) atoms. The number of anilines is 1. The first kappa shape index (κ1) is 32.2. The molecule has 0 spiro atoms. The predicted molar refractivity (Wildman–Crippen MR) is 188 cm³/mol. The highest BCUT2D eigenvalue weighted by Crippen LogP contribution is 2.44. The standard InChI is InChI=1S/C38H32FN7O4/c1-23-41-36(33-32(25-8-5-7-24(19-25)21-44(2)3)34(50-37(33)42-23)26-20-40-45(4)22-26)49-30-16-12-28(13-17-30)43-35(47)31-9-6-18-46(38(31)48)29-14-10-27(39)11-15-29/h5-20,22H,21H2,1-4H3,(H,43,47). The minimum Gasteiger partial charge on any atom is -0.438 e. The van der Waals surface area contributed by atoms with Gasteiger partial charge in [-0.15, -0.1) is 0 Å². The maximum Gasteiger partial charge on any atom is 0.267 e. The summed E-state index contributed by atoms with van der Waals surface area (Å²) in [6, 6.07) is 23.4. The number of nitrogens with one attached hydrogen (secondary N) is 1. The summed E-state index contributed by atoms with van der Waals surface area (Å²) in [6.07, 6.45) is 5.15. The van der Waals surface area contributed by atoms with Crippen molar-refractivity contribution >= 4 is 22.7 Å². The van der Waals surface area contributed by atoms with Crippen molar-refractivity contribution in [3.63, 3.8) is 0 Å². The third kappa shape index (κ3) is 6.51. The molecule has 4 heterocycles. The number of carbonyl (C=O) groups excluding carboxylic acids is 1. The first-order chi connectivity index (χ1) is 24.1. The van der Waals surface area contributed by atoms with Crippen molar-refractivity contribution in [2.45, 2.75) is 13.5 Å². The van der Waals surface area contributed by atoms with Gasteiger partial charge < -0.3 is 19.4 Å². The SMILES string of the molecule is Cc1nc(Oc2ccc(NC(=O)c3cccn(-c4ccc(F)cc4)c3=O)cc2)c2c(-c3cccc(CN(C)C)c3)c(-c3cnn(C)c3)oc2n1. The van der Waals surface area contributed by atoms with Crippen molar-refractivity contribution in [3.05, 3.63) is 137 Å². The lowest BCUT2D eigenvalue weighted by Crippen LogP contribution is -2.27. The number of nitrogens with zero attached hydrogens (tertiary/aromatic N) is 6. The van der Waals surface area contributed by atoms with Crippen LogP contribution in [0, 0.1) is 12.7 Å². The van der Waals surface area contributed by atoms with E-state index in [1.54, 1.807) is 48.1 Å². The monoisotopic (exact) mass is 669 g/mol. The third-order valence-corrected chi connectivity index (χ3v) is 7.94. The molecule has 0 saturated carbocycles. The van der Waals surface area contributed by atoms with Crippen LogP contribution in [0.1, 0.15) is 21.7 Å². The van der Waals surface area contributed by atoms with Gasteiger partial charge in [0, 0.05) is 42.9 Å². The number of furan rings is 1. The van der Waals surface area contributed by atoms with E-state index in [1.807, 2.05) is 39.5 Å². The minimum atomic E-state index is -0.587. The number of hydrogen-bond acceptors (Lipinski definition) is 8. The Kier molecular flexibility index (Phi) is 8.52. The number of amides is 1. The first-order valence-electron chi connectivity index (χ1n) is 15.7. The Morgan fingerprint density at radius 3 is 2.48 bits per heavy atom. The molecule has 0 atom stereocenters. The number of carbonyl (C=O) groups is 1. The molecular formula is C38H32FN7O4. The molecule has 1 N–H and O–H groups in total. The molecule has 7 rings (SSSR count). The second kappa shape index (κ2) is 13.2. The molecule has 0 saturated heterocycles. The van der Waals surface area contributed by atoms with Gasteiger partial charge in [-0.2, -0.15) is 15.1 Å². The van der Waals surface area contributed by atoms with E-state index >= 15 is 0 Å². The zero-order valence-corrected chi connectivity index (χ0v) is 27.7. The Bertz CT molecular complexity index is 2410. The average Bonchev–Trinajstić information content (AvgIpc) is 3.69. The number of ether oxygens (including phenoxy) is 1. The molecule has 12 heteroatoms. The van der Waals surface area contributed by atoms with Gasteiger partial charge in [0.2, 0.25) is 11.6 Å². The van der Waals surface area contributed by atoms with Crippen molar-refractivity contribution in [2.24, 2.45) is 7.05 Å². The zero-order valence-electron chi connectivity index (χ0n) is 27.7. The Balaban J connectivity index is 1.21. The fourth-order valence-corrected chi connectivity index (χ4v) is 5.74. The summed E-state index contributed by atoms with van der Waals surface area (Å²) in [4.78, 5) is 37.7. The quantitative estimate of drug-likeness (QED) is 0.175. The molecule has 0 fully saturated rings. The second-order valence-electron chi connectivity index (χ2n) is 12.1. The molecule has 4 aromatic heterocycles. The fraction of sp³-hybridized carbons (Fsp3) is 0.132. The van der Waals surface area contributed by atoms with E-state index < -0.39 is 17.3 Å². The Morgan fingerprint density at radius 1 is 0.980 bits per heavy atom. The molecule has 7 aromatic rings. The lowest BCUT2D eigenvalue weighted by atomic mass is 9.99. The maximum atomic E-state index is 13.4. The summed E-state index contributed by atoms with van der Waals surface area (Å²) in [6.45, 7) is 2.52. The van der Waals surface area contributed by atoms with Gasteiger partial charge in [-0.25, -0.2) is 4.39 Å². The van der Waals surface area contributed by atoms with Gasteiger partial charge in [0.25, 0.3) is 11.5 Å². The van der Waals surface area contributed by atoms with Crippen LogP contribution in [-0.2, 0) is 13.6 Å².